The van der Waals surface area contributed by atoms with Gasteiger partial charge in [-0.3, -0.25) is 4.99 Å². The molecule has 0 spiro atoms. The molecule has 1 aromatic carbocycles. The molecule has 0 aliphatic carbocycles. The SMILES string of the molecule is CN=C(NCC(C)(C)c1ccccc1C)N1CCN(c2ncccn2)CC1.I. The van der Waals surface area contributed by atoms with Crippen LogP contribution in [0.5, 0.6) is 0 Å². The number of nitrogens with zero attached hydrogens (tertiary/aromatic N) is 5. The highest BCUT2D eigenvalue weighted by atomic mass is 127. The first-order valence-electron chi connectivity index (χ1n) is 9.55. The normalized spacial score (nSPS) is 15.2. The number of piperazine rings is 1. The molecule has 2 aromatic rings. The maximum Gasteiger partial charge on any atom is 0.225 e. The summed E-state index contributed by atoms with van der Waals surface area (Å²) in [7, 11) is 1.86. The van der Waals surface area contributed by atoms with Crippen LogP contribution in [-0.4, -0.2) is 60.6 Å². The van der Waals surface area contributed by atoms with Gasteiger partial charge in [0.15, 0.2) is 5.96 Å². The second kappa shape index (κ2) is 10.0. The monoisotopic (exact) mass is 494 g/mol. The lowest BCUT2D eigenvalue weighted by Gasteiger charge is -2.37. The Kier molecular flexibility index (Phi) is 8.03. The summed E-state index contributed by atoms with van der Waals surface area (Å²) in [5.74, 6) is 1.77. The average molecular weight is 494 g/mol. The lowest BCUT2D eigenvalue weighted by molar-refractivity contribution is 0.364. The number of aliphatic imine (C=N–C) groups is 1. The second-order valence-electron chi connectivity index (χ2n) is 7.62. The highest BCUT2D eigenvalue weighted by Crippen LogP contribution is 2.25. The largest absolute Gasteiger partial charge is 0.355 e. The predicted molar refractivity (Wildman–Crippen MR) is 127 cm³/mol. The number of guanidine groups is 1. The van der Waals surface area contributed by atoms with Crippen LogP contribution in [0.1, 0.15) is 25.0 Å². The van der Waals surface area contributed by atoms with Gasteiger partial charge in [0.2, 0.25) is 5.95 Å². The Hall–Kier alpha value is -1.90. The van der Waals surface area contributed by atoms with E-state index in [1.807, 2.05) is 13.1 Å². The number of halogens is 1. The molecule has 1 aliphatic rings. The standard InChI is InChI=1S/C21H30N6.HI/c1-17-8-5-6-9-18(17)21(2,3)16-25-19(22-4)26-12-14-27(15-13-26)20-23-10-7-11-24-20;/h5-11H,12-16H2,1-4H3,(H,22,25);1H. The summed E-state index contributed by atoms with van der Waals surface area (Å²) in [5.41, 5.74) is 2.73. The molecular weight excluding hydrogens is 463 g/mol. The lowest BCUT2D eigenvalue weighted by atomic mass is 9.82. The summed E-state index contributed by atoms with van der Waals surface area (Å²) in [5, 5.41) is 3.59. The number of aromatic nitrogens is 2. The first-order valence-corrected chi connectivity index (χ1v) is 9.55. The van der Waals surface area contributed by atoms with E-state index in [-0.39, 0.29) is 29.4 Å². The summed E-state index contributed by atoms with van der Waals surface area (Å²) in [6.45, 7) is 11.2. The van der Waals surface area contributed by atoms with Crippen molar-refractivity contribution < 1.29 is 0 Å². The number of benzene rings is 1. The molecule has 1 aromatic heterocycles. The van der Waals surface area contributed by atoms with E-state index in [1.54, 1.807) is 12.4 Å². The third-order valence-corrected chi connectivity index (χ3v) is 5.19. The fourth-order valence-corrected chi connectivity index (χ4v) is 3.63. The van der Waals surface area contributed by atoms with Gasteiger partial charge < -0.3 is 15.1 Å². The molecule has 1 saturated heterocycles. The zero-order valence-corrected chi connectivity index (χ0v) is 19.6. The Bertz CT molecular complexity index is 769. The Morgan fingerprint density at radius 3 is 2.32 bits per heavy atom. The van der Waals surface area contributed by atoms with E-state index in [0.29, 0.717) is 0 Å². The summed E-state index contributed by atoms with van der Waals surface area (Å²) < 4.78 is 0. The van der Waals surface area contributed by atoms with Crippen LogP contribution >= 0.6 is 24.0 Å². The Morgan fingerprint density at radius 1 is 1.07 bits per heavy atom. The molecule has 0 amide bonds. The number of rotatable bonds is 4. The molecule has 3 rings (SSSR count). The van der Waals surface area contributed by atoms with Crippen LogP contribution in [0.2, 0.25) is 0 Å². The number of anilines is 1. The quantitative estimate of drug-likeness (QED) is 0.403. The van der Waals surface area contributed by atoms with Crippen molar-refractivity contribution in [1.82, 2.24) is 20.2 Å². The van der Waals surface area contributed by atoms with Crippen molar-refractivity contribution in [3.8, 4) is 0 Å². The van der Waals surface area contributed by atoms with Crippen molar-refractivity contribution in [3.05, 3.63) is 53.9 Å². The van der Waals surface area contributed by atoms with Crippen LogP contribution in [-0.2, 0) is 5.41 Å². The molecule has 0 unspecified atom stereocenters. The van der Waals surface area contributed by atoms with Crippen LogP contribution in [0, 0.1) is 6.92 Å². The average Bonchev–Trinajstić information content (AvgIpc) is 2.70. The minimum Gasteiger partial charge on any atom is -0.355 e. The second-order valence-corrected chi connectivity index (χ2v) is 7.62. The van der Waals surface area contributed by atoms with Crippen molar-refractivity contribution >= 4 is 35.9 Å². The highest BCUT2D eigenvalue weighted by Gasteiger charge is 2.25. The molecular formula is C21H31IN6. The van der Waals surface area contributed by atoms with Crippen molar-refractivity contribution in [1.29, 1.82) is 0 Å². The van der Waals surface area contributed by atoms with Gasteiger partial charge in [0.25, 0.3) is 0 Å². The van der Waals surface area contributed by atoms with E-state index in [9.17, 15) is 0 Å². The van der Waals surface area contributed by atoms with Crippen LogP contribution < -0.4 is 10.2 Å². The van der Waals surface area contributed by atoms with Crippen LogP contribution in [0.3, 0.4) is 0 Å². The molecule has 1 fully saturated rings. The molecule has 1 N–H and O–H groups in total. The maximum atomic E-state index is 4.51. The van der Waals surface area contributed by atoms with Crippen molar-refractivity contribution in [2.75, 3.05) is 44.7 Å². The van der Waals surface area contributed by atoms with Gasteiger partial charge in [-0.1, -0.05) is 38.1 Å². The molecule has 28 heavy (non-hydrogen) atoms. The third-order valence-electron chi connectivity index (χ3n) is 5.19. The fourth-order valence-electron chi connectivity index (χ4n) is 3.63. The van der Waals surface area contributed by atoms with Gasteiger partial charge in [0.05, 0.1) is 0 Å². The summed E-state index contributed by atoms with van der Waals surface area (Å²) in [4.78, 5) is 17.8. The summed E-state index contributed by atoms with van der Waals surface area (Å²) in [6.07, 6.45) is 3.59. The first kappa shape index (κ1) is 22.4. The Balaban J connectivity index is 0.00000280. The van der Waals surface area contributed by atoms with Crippen molar-refractivity contribution in [2.24, 2.45) is 4.99 Å². The Labute approximate surface area is 185 Å². The van der Waals surface area contributed by atoms with Crippen molar-refractivity contribution in [2.45, 2.75) is 26.2 Å². The van der Waals surface area contributed by atoms with Gasteiger partial charge in [-0.25, -0.2) is 9.97 Å². The molecule has 152 valence electrons. The molecule has 0 bridgehead atoms. The lowest BCUT2D eigenvalue weighted by Crippen LogP contribution is -2.54. The number of hydrogen-bond acceptors (Lipinski definition) is 4. The first-order chi connectivity index (χ1) is 13.0. The number of hydrogen-bond donors (Lipinski definition) is 1. The predicted octanol–water partition coefficient (Wildman–Crippen LogP) is 3.08. The van der Waals surface area contributed by atoms with Gasteiger partial charge in [0, 0.05) is 57.6 Å². The van der Waals surface area contributed by atoms with Crippen LogP contribution in [0.25, 0.3) is 0 Å². The Morgan fingerprint density at radius 2 is 1.71 bits per heavy atom. The fraction of sp³-hybridized carbons (Fsp3) is 0.476. The zero-order valence-electron chi connectivity index (χ0n) is 17.2. The van der Waals surface area contributed by atoms with Gasteiger partial charge in [-0.15, -0.1) is 24.0 Å². The van der Waals surface area contributed by atoms with Crippen LogP contribution in [0.15, 0.2) is 47.7 Å². The highest BCUT2D eigenvalue weighted by molar-refractivity contribution is 14.0. The van der Waals surface area contributed by atoms with Gasteiger partial charge in [-0.2, -0.15) is 0 Å². The van der Waals surface area contributed by atoms with E-state index >= 15 is 0 Å². The smallest absolute Gasteiger partial charge is 0.225 e. The van der Waals surface area contributed by atoms with E-state index in [4.69, 9.17) is 0 Å². The molecule has 0 radical (unpaired) electrons. The van der Waals surface area contributed by atoms with Gasteiger partial charge >= 0.3 is 0 Å². The number of aryl methyl sites for hydroxylation is 1. The van der Waals surface area contributed by atoms with E-state index in [1.165, 1.54) is 11.1 Å². The minimum absolute atomic E-state index is 0. The van der Waals surface area contributed by atoms with Gasteiger partial charge in [-0.05, 0) is 24.1 Å². The maximum absolute atomic E-state index is 4.51. The summed E-state index contributed by atoms with van der Waals surface area (Å²) >= 11 is 0. The van der Waals surface area contributed by atoms with E-state index in [2.05, 4.69) is 75.1 Å². The van der Waals surface area contributed by atoms with E-state index in [0.717, 1.165) is 44.6 Å². The molecule has 6 nitrogen and oxygen atoms in total. The van der Waals surface area contributed by atoms with Crippen LogP contribution in [0.4, 0.5) is 5.95 Å². The van der Waals surface area contributed by atoms with Crippen molar-refractivity contribution in [3.63, 3.8) is 0 Å². The van der Waals surface area contributed by atoms with E-state index < -0.39 is 0 Å². The third kappa shape index (κ3) is 5.33. The molecule has 1 aliphatic heterocycles. The number of nitrogens with one attached hydrogen (secondary N) is 1. The molecule has 2 heterocycles. The molecule has 7 heteroatoms. The van der Waals surface area contributed by atoms with Gasteiger partial charge in [0.1, 0.15) is 0 Å². The minimum atomic E-state index is 0. The molecule has 0 saturated carbocycles. The topological polar surface area (TPSA) is 56.7 Å². The summed E-state index contributed by atoms with van der Waals surface area (Å²) in [6, 6.07) is 10.5. The zero-order chi connectivity index (χ0) is 19.3. The molecule has 0 atom stereocenters.